The first kappa shape index (κ1) is 24.8. The van der Waals surface area contributed by atoms with Crippen LogP contribution < -0.4 is 10.1 Å². The summed E-state index contributed by atoms with van der Waals surface area (Å²) in [6, 6.07) is 17.3. The zero-order valence-corrected chi connectivity index (χ0v) is 20.5. The molecule has 0 saturated heterocycles. The summed E-state index contributed by atoms with van der Waals surface area (Å²) in [5.41, 5.74) is 1.95. The first-order chi connectivity index (χ1) is 15.8. The lowest BCUT2D eigenvalue weighted by Gasteiger charge is -2.31. The zero-order valence-electron chi connectivity index (χ0n) is 20.5. The molecule has 2 amide bonds. The van der Waals surface area contributed by atoms with Crippen molar-refractivity contribution >= 4 is 11.8 Å². The molecule has 1 atom stereocenters. The Balaban J connectivity index is 1.78. The molecule has 5 heteroatoms. The standard InChI is InChI=1S/C28H38N2O3/c1-5-24(27(32)29-22-15-9-10-16-22)30(19-21-13-7-6-8-14-21)26(31)20-33-25-18-12-11-17-23(25)28(2,3)4/h6-8,11-14,17-18,22,24H,5,9-10,15-16,19-20H2,1-4H3,(H,29,32)/t24-/m1/s1. The summed E-state index contributed by atoms with van der Waals surface area (Å²) >= 11 is 0. The Labute approximate surface area is 198 Å². The maximum atomic E-state index is 13.4. The highest BCUT2D eigenvalue weighted by molar-refractivity contribution is 5.88. The highest BCUT2D eigenvalue weighted by atomic mass is 16.5. The summed E-state index contributed by atoms with van der Waals surface area (Å²) in [5, 5.41) is 3.18. The molecule has 1 saturated carbocycles. The van der Waals surface area contributed by atoms with Gasteiger partial charge in [-0.25, -0.2) is 0 Å². The Morgan fingerprint density at radius 2 is 1.67 bits per heavy atom. The van der Waals surface area contributed by atoms with Crippen LogP contribution in [-0.2, 0) is 21.5 Å². The van der Waals surface area contributed by atoms with E-state index in [0.29, 0.717) is 18.7 Å². The quantitative estimate of drug-likeness (QED) is 0.569. The van der Waals surface area contributed by atoms with Crippen LogP contribution in [0.3, 0.4) is 0 Å². The largest absolute Gasteiger partial charge is 0.483 e. The Morgan fingerprint density at radius 1 is 1.03 bits per heavy atom. The van der Waals surface area contributed by atoms with E-state index in [0.717, 1.165) is 36.8 Å². The van der Waals surface area contributed by atoms with Gasteiger partial charge in [0.1, 0.15) is 11.8 Å². The molecule has 0 spiro atoms. The molecule has 1 fully saturated rings. The van der Waals surface area contributed by atoms with Gasteiger partial charge in [-0.15, -0.1) is 0 Å². The molecule has 0 heterocycles. The van der Waals surface area contributed by atoms with E-state index in [9.17, 15) is 9.59 Å². The van der Waals surface area contributed by atoms with Crippen molar-refractivity contribution in [2.24, 2.45) is 0 Å². The molecule has 0 aliphatic heterocycles. The Hall–Kier alpha value is -2.82. The van der Waals surface area contributed by atoms with Crippen LogP contribution in [0.25, 0.3) is 0 Å². The number of hydrogen-bond donors (Lipinski definition) is 1. The van der Waals surface area contributed by atoms with E-state index in [1.54, 1.807) is 4.90 Å². The van der Waals surface area contributed by atoms with Crippen LogP contribution in [0.2, 0.25) is 0 Å². The van der Waals surface area contributed by atoms with E-state index < -0.39 is 6.04 Å². The van der Waals surface area contributed by atoms with E-state index >= 15 is 0 Å². The fraction of sp³-hybridized carbons (Fsp3) is 0.500. The van der Waals surface area contributed by atoms with E-state index in [2.05, 4.69) is 26.1 Å². The average molecular weight is 451 g/mol. The first-order valence-corrected chi connectivity index (χ1v) is 12.2. The van der Waals surface area contributed by atoms with Crippen molar-refractivity contribution in [2.75, 3.05) is 6.61 Å². The molecule has 0 radical (unpaired) electrons. The molecule has 3 rings (SSSR count). The third kappa shape index (κ3) is 6.83. The van der Waals surface area contributed by atoms with Gasteiger partial charge in [0, 0.05) is 12.6 Å². The van der Waals surface area contributed by atoms with Crippen molar-refractivity contribution < 1.29 is 14.3 Å². The smallest absolute Gasteiger partial charge is 0.261 e. The van der Waals surface area contributed by atoms with Crippen molar-refractivity contribution in [3.63, 3.8) is 0 Å². The Morgan fingerprint density at radius 3 is 2.30 bits per heavy atom. The van der Waals surface area contributed by atoms with Gasteiger partial charge in [0.2, 0.25) is 5.91 Å². The normalized spacial score (nSPS) is 15.2. The summed E-state index contributed by atoms with van der Waals surface area (Å²) in [4.78, 5) is 28.3. The van der Waals surface area contributed by atoms with Crippen LogP contribution >= 0.6 is 0 Å². The highest BCUT2D eigenvalue weighted by Crippen LogP contribution is 2.31. The minimum Gasteiger partial charge on any atom is -0.483 e. The maximum absolute atomic E-state index is 13.4. The van der Waals surface area contributed by atoms with Crippen molar-refractivity contribution in [3.8, 4) is 5.75 Å². The van der Waals surface area contributed by atoms with Crippen LogP contribution in [0, 0.1) is 0 Å². The molecule has 0 bridgehead atoms. The molecule has 1 aliphatic carbocycles. The van der Waals surface area contributed by atoms with E-state index in [4.69, 9.17) is 4.74 Å². The summed E-state index contributed by atoms with van der Waals surface area (Å²) < 4.78 is 6.03. The molecule has 2 aromatic rings. The highest BCUT2D eigenvalue weighted by Gasteiger charge is 2.31. The van der Waals surface area contributed by atoms with Crippen LogP contribution in [-0.4, -0.2) is 35.4 Å². The van der Waals surface area contributed by atoms with Gasteiger partial charge in [0.15, 0.2) is 6.61 Å². The Kier molecular flexibility index (Phi) is 8.54. The number of rotatable bonds is 9. The van der Waals surface area contributed by atoms with Gasteiger partial charge in [0.05, 0.1) is 0 Å². The van der Waals surface area contributed by atoms with Gasteiger partial charge in [-0.3, -0.25) is 9.59 Å². The number of benzene rings is 2. The number of hydrogen-bond acceptors (Lipinski definition) is 3. The second kappa shape index (κ2) is 11.4. The minimum atomic E-state index is -0.528. The molecular weight excluding hydrogens is 412 g/mol. The topological polar surface area (TPSA) is 58.6 Å². The van der Waals surface area contributed by atoms with Crippen LogP contribution in [0.5, 0.6) is 5.75 Å². The van der Waals surface area contributed by atoms with Gasteiger partial charge in [-0.2, -0.15) is 0 Å². The third-order valence-corrected chi connectivity index (χ3v) is 6.33. The molecule has 5 nitrogen and oxygen atoms in total. The Bertz CT molecular complexity index is 914. The minimum absolute atomic E-state index is 0.0660. The SMILES string of the molecule is CC[C@H](C(=O)NC1CCCC1)N(Cc1ccccc1)C(=O)COc1ccccc1C(C)(C)C. The summed E-state index contributed by atoms with van der Waals surface area (Å²) in [6.45, 7) is 8.60. The third-order valence-electron chi connectivity index (χ3n) is 6.33. The molecular formula is C28H38N2O3. The zero-order chi connectivity index (χ0) is 23.8. The predicted molar refractivity (Wildman–Crippen MR) is 132 cm³/mol. The summed E-state index contributed by atoms with van der Waals surface area (Å²) in [7, 11) is 0. The average Bonchev–Trinajstić information content (AvgIpc) is 3.30. The lowest BCUT2D eigenvalue weighted by atomic mass is 9.86. The second-order valence-electron chi connectivity index (χ2n) is 9.96. The van der Waals surface area contributed by atoms with Gasteiger partial charge in [0.25, 0.3) is 5.91 Å². The van der Waals surface area contributed by atoms with E-state index in [-0.39, 0.29) is 29.9 Å². The summed E-state index contributed by atoms with van der Waals surface area (Å²) in [6.07, 6.45) is 4.88. The first-order valence-electron chi connectivity index (χ1n) is 12.2. The van der Waals surface area contributed by atoms with Crippen LogP contribution in [0.1, 0.15) is 70.9 Å². The van der Waals surface area contributed by atoms with Crippen molar-refractivity contribution in [1.29, 1.82) is 0 Å². The van der Waals surface area contributed by atoms with Gasteiger partial charge in [-0.1, -0.05) is 89.1 Å². The molecule has 1 aliphatic rings. The number of ether oxygens (including phenoxy) is 1. The molecule has 2 aromatic carbocycles. The maximum Gasteiger partial charge on any atom is 0.261 e. The number of amides is 2. The van der Waals surface area contributed by atoms with E-state index in [1.807, 2.05) is 61.5 Å². The fourth-order valence-corrected chi connectivity index (χ4v) is 4.50. The van der Waals surface area contributed by atoms with Crippen LogP contribution in [0.4, 0.5) is 0 Å². The number of carbonyl (C=O) groups is 2. The number of nitrogens with one attached hydrogen (secondary N) is 1. The molecule has 0 aromatic heterocycles. The fourth-order valence-electron chi connectivity index (χ4n) is 4.50. The van der Waals surface area contributed by atoms with Gasteiger partial charge < -0.3 is 15.0 Å². The number of nitrogens with zero attached hydrogens (tertiary/aromatic N) is 1. The second-order valence-corrected chi connectivity index (χ2v) is 9.96. The lowest BCUT2D eigenvalue weighted by molar-refractivity contribution is -0.143. The number of para-hydroxylation sites is 1. The molecule has 33 heavy (non-hydrogen) atoms. The van der Waals surface area contributed by atoms with Crippen molar-refractivity contribution in [1.82, 2.24) is 10.2 Å². The molecule has 1 N–H and O–H groups in total. The lowest BCUT2D eigenvalue weighted by Crippen LogP contribution is -2.52. The number of carbonyl (C=O) groups excluding carboxylic acids is 2. The van der Waals surface area contributed by atoms with Crippen molar-refractivity contribution in [2.45, 2.75) is 83.8 Å². The predicted octanol–water partition coefficient (Wildman–Crippen LogP) is 5.23. The van der Waals surface area contributed by atoms with Gasteiger partial charge >= 0.3 is 0 Å². The van der Waals surface area contributed by atoms with Crippen molar-refractivity contribution in [3.05, 3.63) is 65.7 Å². The van der Waals surface area contributed by atoms with E-state index in [1.165, 1.54) is 0 Å². The van der Waals surface area contributed by atoms with Gasteiger partial charge in [-0.05, 0) is 41.9 Å². The molecule has 0 unspecified atom stereocenters. The monoisotopic (exact) mass is 450 g/mol. The van der Waals surface area contributed by atoms with Crippen LogP contribution in [0.15, 0.2) is 54.6 Å². The molecule has 178 valence electrons. The summed E-state index contributed by atoms with van der Waals surface area (Å²) in [5.74, 6) is 0.459.